The molecule has 0 aliphatic heterocycles. The van der Waals surface area contributed by atoms with E-state index in [1.54, 1.807) is 47.1 Å². The van der Waals surface area contributed by atoms with E-state index >= 15 is 0 Å². The minimum atomic E-state index is -0.404. The van der Waals surface area contributed by atoms with Crippen molar-refractivity contribution in [2.45, 2.75) is 13.0 Å². The molecule has 9 nitrogen and oxygen atoms in total. The van der Waals surface area contributed by atoms with Gasteiger partial charge in [0, 0.05) is 36.6 Å². The van der Waals surface area contributed by atoms with Crippen LogP contribution in [0, 0.1) is 0 Å². The third-order valence-corrected chi connectivity index (χ3v) is 5.48. The molecule has 0 spiro atoms. The highest BCUT2D eigenvalue weighted by molar-refractivity contribution is 5.90. The number of hydrogen-bond acceptors (Lipinski definition) is 5. The van der Waals surface area contributed by atoms with Crippen molar-refractivity contribution in [1.29, 1.82) is 0 Å². The number of carbonyl (C=O) groups excluding carboxylic acids is 2. The van der Waals surface area contributed by atoms with Gasteiger partial charge in [0.05, 0.1) is 24.1 Å². The molecule has 5 rings (SSSR count). The van der Waals surface area contributed by atoms with Gasteiger partial charge in [0.25, 0.3) is 5.56 Å². The third-order valence-electron chi connectivity index (χ3n) is 5.48. The van der Waals surface area contributed by atoms with Gasteiger partial charge >= 0.3 is 12.0 Å². The number of nitrogens with one attached hydrogen (secondary N) is 3. The van der Waals surface area contributed by atoms with Crippen LogP contribution in [0.1, 0.15) is 27.2 Å². The van der Waals surface area contributed by atoms with E-state index in [0.717, 1.165) is 28.1 Å². The Hall–Kier alpha value is -4.40. The molecule has 0 bridgehead atoms. The maximum atomic E-state index is 12.4. The van der Waals surface area contributed by atoms with Crippen LogP contribution < -0.4 is 16.2 Å². The maximum Gasteiger partial charge on any atom is 0.337 e. The van der Waals surface area contributed by atoms with Gasteiger partial charge in [0.15, 0.2) is 0 Å². The Bertz CT molecular complexity index is 1420. The van der Waals surface area contributed by atoms with Crippen LogP contribution in [0.4, 0.5) is 10.5 Å². The number of amides is 2. The molecule has 0 radical (unpaired) electrons. The quantitative estimate of drug-likeness (QED) is 0.380. The fraction of sp³-hybridized carbons (Fsp3) is 0.130. The zero-order valence-electron chi connectivity index (χ0n) is 17.1. The Morgan fingerprint density at radius 2 is 2.00 bits per heavy atom. The molecule has 2 aromatic carbocycles. The number of imidazole rings is 1. The standard InChI is InChI=1S/C23H19N5O4/c1-32-22(30)14-4-2-13(3-5-14)12-25-23(31)26-16-6-7-17-15(10-16)11-18-19(17)27-21(29)20-24-8-9-28(18)20/h2-10H,11-12H2,1H3,(H,27,29)(H2,25,26,31). The van der Waals surface area contributed by atoms with E-state index in [0.29, 0.717) is 29.9 Å². The molecule has 0 fully saturated rings. The molecule has 2 amide bonds. The van der Waals surface area contributed by atoms with Crippen molar-refractivity contribution < 1.29 is 14.3 Å². The monoisotopic (exact) mass is 429 g/mol. The molecule has 2 heterocycles. The Balaban J connectivity index is 1.27. The molecule has 0 saturated carbocycles. The first-order chi connectivity index (χ1) is 15.5. The van der Waals surface area contributed by atoms with Crippen LogP contribution in [0.5, 0.6) is 0 Å². The van der Waals surface area contributed by atoms with Gasteiger partial charge in [-0.1, -0.05) is 18.2 Å². The summed E-state index contributed by atoms with van der Waals surface area (Å²) < 4.78 is 6.48. The topological polar surface area (TPSA) is 118 Å². The summed E-state index contributed by atoms with van der Waals surface area (Å²) in [7, 11) is 1.33. The summed E-state index contributed by atoms with van der Waals surface area (Å²) in [6, 6.07) is 12.1. The Morgan fingerprint density at radius 3 is 2.78 bits per heavy atom. The Morgan fingerprint density at radius 1 is 1.19 bits per heavy atom. The first-order valence-corrected chi connectivity index (χ1v) is 9.97. The summed E-state index contributed by atoms with van der Waals surface area (Å²) in [5.41, 5.74) is 5.78. The van der Waals surface area contributed by atoms with Gasteiger partial charge in [-0.15, -0.1) is 0 Å². The first kappa shape index (κ1) is 19.6. The number of urea groups is 1. The first-order valence-electron chi connectivity index (χ1n) is 9.97. The van der Waals surface area contributed by atoms with E-state index in [9.17, 15) is 14.4 Å². The van der Waals surface area contributed by atoms with E-state index < -0.39 is 5.97 Å². The van der Waals surface area contributed by atoms with Crippen LogP contribution in [-0.2, 0) is 17.7 Å². The van der Waals surface area contributed by atoms with Crippen LogP contribution in [-0.4, -0.2) is 33.5 Å². The van der Waals surface area contributed by atoms with Crippen LogP contribution >= 0.6 is 0 Å². The summed E-state index contributed by atoms with van der Waals surface area (Å²) in [4.78, 5) is 43.1. The van der Waals surface area contributed by atoms with Gasteiger partial charge in [-0.05, 0) is 35.4 Å². The van der Waals surface area contributed by atoms with E-state index in [4.69, 9.17) is 0 Å². The lowest BCUT2D eigenvalue weighted by Crippen LogP contribution is -2.28. The van der Waals surface area contributed by atoms with Crippen molar-refractivity contribution in [1.82, 2.24) is 19.7 Å². The average molecular weight is 429 g/mol. The molecule has 0 unspecified atom stereocenters. The fourth-order valence-electron chi connectivity index (χ4n) is 3.92. The van der Waals surface area contributed by atoms with Crippen molar-refractivity contribution in [3.8, 4) is 11.3 Å². The SMILES string of the molecule is COC(=O)c1ccc(CNC(=O)Nc2ccc3c(c2)Cc2c-3[nH]c(=O)c3nccn23)cc1. The van der Waals surface area contributed by atoms with Gasteiger partial charge in [0.2, 0.25) is 5.65 Å². The van der Waals surface area contributed by atoms with Crippen molar-refractivity contribution in [3.63, 3.8) is 0 Å². The predicted octanol–water partition coefficient (Wildman–Crippen LogP) is 2.70. The summed E-state index contributed by atoms with van der Waals surface area (Å²) in [5.74, 6) is -0.404. The second-order valence-electron chi connectivity index (χ2n) is 7.44. The van der Waals surface area contributed by atoms with Gasteiger partial charge in [-0.25, -0.2) is 14.6 Å². The number of carbonyl (C=O) groups is 2. The maximum absolute atomic E-state index is 12.4. The molecule has 3 N–H and O–H groups in total. The van der Waals surface area contributed by atoms with Gasteiger partial charge in [-0.3, -0.25) is 9.20 Å². The third kappa shape index (κ3) is 3.39. The summed E-state index contributed by atoms with van der Waals surface area (Å²) in [5, 5.41) is 5.63. The van der Waals surface area contributed by atoms with Gasteiger partial charge in [-0.2, -0.15) is 0 Å². The highest BCUT2D eigenvalue weighted by atomic mass is 16.5. The minimum absolute atomic E-state index is 0.234. The number of anilines is 1. The molecule has 32 heavy (non-hydrogen) atoms. The Labute approximate surface area is 182 Å². The predicted molar refractivity (Wildman–Crippen MR) is 118 cm³/mol. The minimum Gasteiger partial charge on any atom is -0.465 e. The average Bonchev–Trinajstić information content (AvgIpc) is 3.43. The van der Waals surface area contributed by atoms with Crippen LogP contribution in [0.25, 0.3) is 16.9 Å². The van der Waals surface area contributed by atoms with Crippen LogP contribution in [0.2, 0.25) is 0 Å². The number of ether oxygens (including phenoxy) is 1. The molecule has 9 heteroatoms. The van der Waals surface area contributed by atoms with E-state index in [-0.39, 0.29) is 11.6 Å². The number of rotatable bonds is 4. The van der Waals surface area contributed by atoms with Gasteiger partial charge < -0.3 is 20.4 Å². The fourth-order valence-corrected chi connectivity index (χ4v) is 3.92. The number of nitrogens with zero attached hydrogens (tertiary/aromatic N) is 2. The molecule has 0 saturated heterocycles. The highest BCUT2D eigenvalue weighted by Gasteiger charge is 2.23. The number of aromatic nitrogens is 3. The molecule has 160 valence electrons. The lowest BCUT2D eigenvalue weighted by atomic mass is 10.1. The van der Waals surface area contributed by atoms with E-state index in [1.165, 1.54) is 7.11 Å². The number of hydrogen-bond donors (Lipinski definition) is 3. The molecule has 2 aromatic heterocycles. The van der Waals surface area contributed by atoms with Crippen molar-refractivity contribution in [2.75, 3.05) is 12.4 Å². The van der Waals surface area contributed by atoms with Gasteiger partial charge in [0.1, 0.15) is 0 Å². The van der Waals surface area contributed by atoms with Crippen molar-refractivity contribution >= 4 is 23.3 Å². The zero-order chi connectivity index (χ0) is 22.2. The molecule has 0 atom stereocenters. The molecule has 1 aliphatic carbocycles. The van der Waals surface area contributed by atoms with Crippen molar-refractivity contribution in [3.05, 3.63) is 87.6 Å². The molecule has 4 aromatic rings. The molecular weight excluding hydrogens is 410 g/mol. The number of fused-ring (bicyclic) bond motifs is 5. The zero-order valence-corrected chi connectivity index (χ0v) is 17.1. The highest BCUT2D eigenvalue weighted by Crippen LogP contribution is 2.35. The smallest absolute Gasteiger partial charge is 0.337 e. The number of H-pyrrole nitrogens is 1. The Kier molecular flexibility index (Phi) is 4.70. The summed E-state index contributed by atoms with van der Waals surface area (Å²) >= 11 is 0. The van der Waals surface area contributed by atoms with E-state index in [2.05, 4.69) is 25.3 Å². The lowest BCUT2D eigenvalue weighted by Gasteiger charge is -2.09. The number of aromatic amines is 1. The van der Waals surface area contributed by atoms with E-state index in [1.807, 2.05) is 12.1 Å². The second kappa shape index (κ2) is 7.69. The molecular formula is C23H19N5O4. The van der Waals surface area contributed by atoms with Crippen molar-refractivity contribution in [2.24, 2.45) is 0 Å². The lowest BCUT2D eigenvalue weighted by molar-refractivity contribution is 0.0600. The van der Waals surface area contributed by atoms with Crippen LogP contribution in [0.15, 0.2) is 59.7 Å². The number of methoxy groups -OCH3 is 1. The molecule has 1 aliphatic rings. The second-order valence-corrected chi connectivity index (χ2v) is 7.44. The number of esters is 1. The van der Waals surface area contributed by atoms with Crippen LogP contribution in [0.3, 0.4) is 0 Å². The largest absolute Gasteiger partial charge is 0.465 e. The normalized spacial score (nSPS) is 11.7. The number of benzene rings is 2. The summed E-state index contributed by atoms with van der Waals surface area (Å²) in [6.45, 7) is 0.309. The summed E-state index contributed by atoms with van der Waals surface area (Å²) in [6.07, 6.45) is 4.01.